The van der Waals surface area contributed by atoms with Crippen LogP contribution in [-0.2, 0) is 0 Å². The second-order valence-electron chi connectivity index (χ2n) is 3.22. The van der Waals surface area contributed by atoms with Gasteiger partial charge in [-0.25, -0.2) is 0 Å². The molecule has 0 saturated heterocycles. The smallest absolute Gasteiger partial charge is 0.114 e. The third-order valence-electron chi connectivity index (χ3n) is 1.12. The van der Waals surface area contributed by atoms with Crippen LogP contribution in [0.2, 0.25) is 24.0 Å². The van der Waals surface area contributed by atoms with Crippen LogP contribution < -0.4 is 4.63 Å². The molecule has 0 radical (unpaired) electrons. The van der Waals surface area contributed by atoms with Gasteiger partial charge >= 0.3 is 0 Å². The fraction of sp³-hybridized carbons (Fsp3) is 0.500. The summed E-state index contributed by atoms with van der Waals surface area (Å²) in [6.07, 6.45) is 1.74. The lowest BCUT2D eigenvalue weighted by Crippen LogP contribution is -2.36. The van der Waals surface area contributed by atoms with Gasteiger partial charge in [0.15, 0.2) is 0 Å². The Kier molecular flexibility index (Phi) is 2.17. The van der Waals surface area contributed by atoms with Gasteiger partial charge in [-0.1, -0.05) is 31.2 Å². The maximum absolute atomic E-state index is 5.74. The predicted molar refractivity (Wildman–Crippen MR) is 50.1 cm³/mol. The molecule has 0 spiro atoms. The molecule has 0 bridgehead atoms. The zero-order chi connectivity index (χ0) is 7.78. The molecule has 0 saturated carbocycles. The number of aromatic nitrogens is 1. The normalized spacial score (nSPS) is 12.0. The molecule has 4 heteroatoms. The van der Waals surface area contributed by atoms with Crippen molar-refractivity contribution in [3.63, 3.8) is 0 Å². The molecule has 0 unspecified atom stereocenters. The monoisotopic (exact) mass is 191 g/mol. The standard InChI is InChI=1S/C6H10ClNSSi/c1-10(2,3)6-8-4-5(7)9-6/h4H,1-3H3. The summed E-state index contributed by atoms with van der Waals surface area (Å²) in [7, 11) is -1.19. The first-order chi connectivity index (χ1) is 4.50. The predicted octanol–water partition coefficient (Wildman–Crippen LogP) is 2.34. The van der Waals surface area contributed by atoms with Crippen LogP contribution in [0.1, 0.15) is 0 Å². The Bertz CT molecular complexity index is 228. The van der Waals surface area contributed by atoms with Gasteiger partial charge in [0.2, 0.25) is 0 Å². The van der Waals surface area contributed by atoms with Crippen LogP contribution in [0.4, 0.5) is 0 Å². The van der Waals surface area contributed by atoms with Crippen molar-refractivity contribution < 1.29 is 0 Å². The quantitative estimate of drug-likeness (QED) is 0.622. The Hall–Kier alpha value is 0.137. The van der Waals surface area contributed by atoms with E-state index < -0.39 is 8.07 Å². The van der Waals surface area contributed by atoms with E-state index in [1.54, 1.807) is 17.5 Å². The van der Waals surface area contributed by atoms with E-state index in [2.05, 4.69) is 24.6 Å². The average molecular weight is 192 g/mol. The van der Waals surface area contributed by atoms with E-state index in [-0.39, 0.29) is 0 Å². The number of halogens is 1. The van der Waals surface area contributed by atoms with Crippen LogP contribution in [0.15, 0.2) is 6.20 Å². The van der Waals surface area contributed by atoms with Crippen molar-refractivity contribution in [2.24, 2.45) is 0 Å². The molecule has 0 atom stereocenters. The first-order valence-electron chi connectivity index (χ1n) is 3.12. The molecule has 0 aliphatic rings. The van der Waals surface area contributed by atoms with Gasteiger partial charge in [-0.3, -0.25) is 4.98 Å². The molecule has 0 fully saturated rings. The van der Waals surface area contributed by atoms with Crippen molar-refractivity contribution in [1.82, 2.24) is 4.98 Å². The summed E-state index contributed by atoms with van der Waals surface area (Å²) in [6, 6.07) is 0. The molecule has 0 aromatic carbocycles. The number of hydrogen-bond donors (Lipinski definition) is 0. The van der Waals surface area contributed by atoms with Gasteiger partial charge in [0, 0.05) is 0 Å². The third-order valence-corrected chi connectivity index (χ3v) is 5.60. The Morgan fingerprint density at radius 1 is 1.50 bits per heavy atom. The molecular formula is C6H10ClNSSi. The summed E-state index contributed by atoms with van der Waals surface area (Å²) in [5.41, 5.74) is 0. The minimum Gasteiger partial charge on any atom is -0.253 e. The lowest BCUT2D eigenvalue weighted by Gasteiger charge is -2.09. The highest BCUT2D eigenvalue weighted by Gasteiger charge is 2.19. The summed E-state index contributed by atoms with van der Waals surface area (Å²) in [4.78, 5) is 4.24. The van der Waals surface area contributed by atoms with Crippen molar-refractivity contribution in [1.29, 1.82) is 0 Å². The van der Waals surface area contributed by atoms with Gasteiger partial charge in [-0.2, -0.15) is 0 Å². The van der Waals surface area contributed by atoms with Crippen LogP contribution in [0, 0.1) is 0 Å². The van der Waals surface area contributed by atoms with Crippen molar-refractivity contribution >= 4 is 35.6 Å². The second kappa shape index (κ2) is 2.64. The maximum atomic E-state index is 5.74. The van der Waals surface area contributed by atoms with Crippen molar-refractivity contribution in [3.05, 3.63) is 10.5 Å². The number of nitrogens with zero attached hydrogens (tertiary/aromatic N) is 1. The van der Waals surface area contributed by atoms with Crippen LogP contribution >= 0.6 is 22.9 Å². The largest absolute Gasteiger partial charge is 0.253 e. The van der Waals surface area contributed by atoms with Crippen molar-refractivity contribution in [2.75, 3.05) is 0 Å². The topological polar surface area (TPSA) is 12.9 Å². The molecule has 1 nitrogen and oxygen atoms in total. The molecule has 1 aromatic heterocycles. The third kappa shape index (κ3) is 1.81. The van der Waals surface area contributed by atoms with E-state index in [0.717, 1.165) is 4.34 Å². The van der Waals surface area contributed by atoms with E-state index >= 15 is 0 Å². The highest BCUT2D eigenvalue weighted by Crippen LogP contribution is 2.14. The van der Waals surface area contributed by atoms with Gasteiger partial charge in [0.1, 0.15) is 12.4 Å². The highest BCUT2D eigenvalue weighted by molar-refractivity contribution is 7.28. The van der Waals surface area contributed by atoms with Gasteiger partial charge in [0.05, 0.1) is 10.8 Å². The Morgan fingerprint density at radius 3 is 2.30 bits per heavy atom. The summed E-state index contributed by atoms with van der Waals surface area (Å²) in [5, 5.41) is 0. The lowest BCUT2D eigenvalue weighted by atomic mass is 11.0. The van der Waals surface area contributed by atoms with Crippen molar-refractivity contribution in [3.8, 4) is 0 Å². The molecule has 56 valence electrons. The van der Waals surface area contributed by atoms with Gasteiger partial charge in [-0.15, -0.1) is 11.3 Å². The van der Waals surface area contributed by atoms with Crippen LogP contribution in [0.5, 0.6) is 0 Å². The molecule has 1 aromatic rings. The number of rotatable bonds is 1. The summed E-state index contributed by atoms with van der Waals surface area (Å²) in [5.74, 6) is 0. The zero-order valence-electron chi connectivity index (χ0n) is 6.31. The summed E-state index contributed by atoms with van der Waals surface area (Å²) in [6.45, 7) is 6.80. The summed E-state index contributed by atoms with van der Waals surface area (Å²) < 4.78 is 2.04. The molecule has 0 N–H and O–H groups in total. The fourth-order valence-electron chi connectivity index (χ4n) is 0.601. The Morgan fingerprint density at radius 2 is 2.10 bits per heavy atom. The highest BCUT2D eigenvalue weighted by atomic mass is 35.5. The molecule has 10 heavy (non-hydrogen) atoms. The van der Waals surface area contributed by atoms with Gasteiger partial charge < -0.3 is 0 Å². The molecule has 1 heterocycles. The minimum absolute atomic E-state index is 0.803. The minimum atomic E-state index is -1.19. The van der Waals surface area contributed by atoms with Crippen LogP contribution in [0.3, 0.4) is 0 Å². The lowest BCUT2D eigenvalue weighted by molar-refractivity contribution is 1.45. The van der Waals surface area contributed by atoms with E-state index in [4.69, 9.17) is 11.6 Å². The zero-order valence-corrected chi connectivity index (χ0v) is 8.88. The van der Waals surface area contributed by atoms with Crippen molar-refractivity contribution in [2.45, 2.75) is 19.6 Å². The molecule has 0 amide bonds. The Balaban J connectivity index is 2.96. The van der Waals surface area contributed by atoms with E-state index in [1.165, 1.54) is 4.63 Å². The molecule has 0 aliphatic carbocycles. The maximum Gasteiger partial charge on any atom is 0.114 e. The van der Waals surface area contributed by atoms with Gasteiger partial charge in [-0.05, 0) is 0 Å². The fourth-order valence-corrected chi connectivity index (χ4v) is 3.47. The average Bonchev–Trinajstić information content (AvgIpc) is 2.11. The number of thiazole rings is 1. The van der Waals surface area contributed by atoms with Gasteiger partial charge in [0.25, 0.3) is 0 Å². The van der Waals surface area contributed by atoms with Crippen LogP contribution in [0.25, 0.3) is 0 Å². The molecular weight excluding hydrogens is 182 g/mol. The SMILES string of the molecule is C[Si](C)(C)c1ncc(Cl)s1. The van der Waals surface area contributed by atoms with E-state index in [0.29, 0.717) is 0 Å². The van der Waals surface area contributed by atoms with E-state index in [9.17, 15) is 0 Å². The first kappa shape index (κ1) is 8.24. The second-order valence-corrected chi connectivity index (χ2v) is 10.2. The van der Waals surface area contributed by atoms with Crippen LogP contribution in [-0.4, -0.2) is 13.1 Å². The molecule has 1 rings (SSSR count). The first-order valence-corrected chi connectivity index (χ1v) is 7.81. The molecule has 0 aliphatic heterocycles. The Labute approximate surface area is 71.1 Å². The van der Waals surface area contributed by atoms with E-state index in [1.807, 2.05) is 0 Å². The summed E-state index contributed by atoms with van der Waals surface area (Å²) >= 11 is 7.36. The number of hydrogen-bond acceptors (Lipinski definition) is 2.